The summed E-state index contributed by atoms with van der Waals surface area (Å²) in [5, 5.41) is 13.7. The van der Waals surface area contributed by atoms with Gasteiger partial charge in [-0.05, 0) is 68.0 Å². The molecule has 168 valence electrons. The summed E-state index contributed by atoms with van der Waals surface area (Å²) in [7, 11) is 0. The van der Waals surface area contributed by atoms with Gasteiger partial charge in [0.1, 0.15) is 23.5 Å². The highest BCUT2D eigenvalue weighted by Gasteiger charge is 2.56. The standard InChI is InChI=1S/C25H23F2N5O/c26-18-11-17(12-19(27)13-18)21-3-2-20-14-25(24(33)31(20)21)6-9-30(10-7-25)23-4-1-16(15-28)22-5-8-29-32(22)23/h1,4-5,8,11-13,20-21H,2-3,6-7,9-10,14H2/t20-,21+/m1/s1. The molecule has 5 heterocycles. The third-order valence-electron chi connectivity index (χ3n) is 7.79. The van der Waals surface area contributed by atoms with E-state index in [4.69, 9.17) is 0 Å². The van der Waals surface area contributed by atoms with Crippen molar-refractivity contribution in [3.63, 3.8) is 0 Å². The van der Waals surface area contributed by atoms with Crippen LogP contribution in [0.2, 0.25) is 0 Å². The van der Waals surface area contributed by atoms with E-state index in [1.807, 2.05) is 23.1 Å². The third-order valence-corrected chi connectivity index (χ3v) is 7.79. The van der Waals surface area contributed by atoms with E-state index >= 15 is 0 Å². The summed E-state index contributed by atoms with van der Waals surface area (Å²) < 4.78 is 29.5. The van der Waals surface area contributed by atoms with Crippen LogP contribution in [0.3, 0.4) is 0 Å². The van der Waals surface area contributed by atoms with Crippen LogP contribution in [0.5, 0.6) is 0 Å². The van der Waals surface area contributed by atoms with E-state index in [1.165, 1.54) is 12.1 Å². The number of pyridine rings is 1. The van der Waals surface area contributed by atoms with E-state index in [0.29, 0.717) is 24.2 Å². The van der Waals surface area contributed by atoms with Gasteiger partial charge >= 0.3 is 0 Å². The van der Waals surface area contributed by atoms with E-state index in [2.05, 4.69) is 16.1 Å². The molecule has 3 saturated heterocycles. The van der Waals surface area contributed by atoms with Crippen molar-refractivity contribution in [2.45, 2.75) is 44.2 Å². The number of rotatable bonds is 2. The minimum Gasteiger partial charge on any atom is -0.356 e. The molecule has 0 unspecified atom stereocenters. The normalized spacial score (nSPS) is 24.0. The van der Waals surface area contributed by atoms with Crippen LogP contribution >= 0.6 is 0 Å². The van der Waals surface area contributed by atoms with E-state index in [-0.39, 0.29) is 18.0 Å². The zero-order valence-corrected chi connectivity index (χ0v) is 18.0. The second-order valence-electron chi connectivity index (χ2n) is 9.48. The maximum Gasteiger partial charge on any atom is 0.229 e. The molecule has 3 aliphatic rings. The molecule has 2 aromatic heterocycles. The number of benzene rings is 1. The number of carbonyl (C=O) groups excluding carboxylic acids is 1. The zero-order valence-electron chi connectivity index (χ0n) is 18.0. The number of fused-ring (bicyclic) bond motifs is 2. The smallest absolute Gasteiger partial charge is 0.229 e. The van der Waals surface area contributed by atoms with Gasteiger partial charge in [-0.15, -0.1) is 0 Å². The third kappa shape index (κ3) is 3.02. The highest BCUT2D eigenvalue weighted by molar-refractivity contribution is 5.86. The fourth-order valence-corrected chi connectivity index (χ4v) is 6.22. The van der Waals surface area contributed by atoms with Gasteiger partial charge in [-0.1, -0.05) is 0 Å². The topological polar surface area (TPSA) is 64.6 Å². The Balaban J connectivity index is 1.24. The van der Waals surface area contributed by atoms with Crippen molar-refractivity contribution in [1.29, 1.82) is 5.26 Å². The summed E-state index contributed by atoms with van der Waals surface area (Å²) >= 11 is 0. The SMILES string of the molecule is N#Cc1ccc(N2CCC3(CC2)C[C@H]2CC[C@@H](c4cc(F)cc(F)c4)N2C3=O)n2nccc12. The van der Waals surface area contributed by atoms with Crippen LogP contribution in [-0.2, 0) is 4.79 Å². The Morgan fingerprint density at radius 3 is 2.55 bits per heavy atom. The van der Waals surface area contributed by atoms with Crippen LogP contribution in [0.25, 0.3) is 5.52 Å². The molecule has 1 spiro atoms. The molecule has 8 heteroatoms. The van der Waals surface area contributed by atoms with Gasteiger partial charge in [0.25, 0.3) is 0 Å². The molecule has 3 fully saturated rings. The first kappa shape index (κ1) is 20.2. The average molecular weight is 447 g/mol. The van der Waals surface area contributed by atoms with Crippen LogP contribution in [0.1, 0.15) is 49.3 Å². The van der Waals surface area contributed by atoms with Gasteiger partial charge in [0, 0.05) is 25.2 Å². The van der Waals surface area contributed by atoms with Crippen LogP contribution in [-0.4, -0.2) is 39.6 Å². The van der Waals surface area contributed by atoms with Crippen LogP contribution in [0.15, 0.2) is 42.6 Å². The molecule has 3 aliphatic heterocycles. The van der Waals surface area contributed by atoms with E-state index in [9.17, 15) is 18.8 Å². The van der Waals surface area contributed by atoms with Crippen LogP contribution in [0, 0.1) is 28.4 Å². The van der Waals surface area contributed by atoms with Gasteiger partial charge in [-0.2, -0.15) is 10.4 Å². The number of carbonyl (C=O) groups is 1. The maximum absolute atomic E-state index is 13.8. The van der Waals surface area contributed by atoms with E-state index in [1.54, 1.807) is 10.7 Å². The van der Waals surface area contributed by atoms with Crippen molar-refractivity contribution in [2.24, 2.45) is 5.41 Å². The molecule has 2 atom stereocenters. The lowest BCUT2D eigenvalue weighted by atomic mass is 9.75. The lowest BCUT2D eigenvalue weighted by Gasteiger charge is -2.39. The molecule has 0 bridgehead atoms. The summed E-state index contributed by atoms with van der Waals surface area (Å²) in [5.74, 6) is -0.155. The summed E-state index contributed by atoms with van der Waals surface area (Å²) in [6, 6.07) is 11.2. The number of nitriles is 1. The number of aromatic nitrogens is 2. The molecule has 0 radical (unpaired) electrons. The number of hydrogen-bond donors (Lipinski definition) is 0. The molecule has 1 amide bonds. The number of halogens is 2. The van der Waals surface area contributed by atoms with E-state index < -0.39 is 17.0 Å². The Morgan fingerprint density at radius 2 is 1.82 bits per heavy atom. The Bertz CT molecular complexity index is 1280. The summed E-state index contributed by atoms with van der Waals surface area (Å²) in [4.78, 5) is 17.8. The van der Waals surface area contributed by atoms with Gasteiger partial charge in [0.2, 0.25) is 5.91 Å². The predicted molar refractivity (Wildman–Crippen MR) is 117 cm³/mol. The van der Waals surface area contributed by atoms with Crippen molar-refractivity contribution < 1.29 is 13.6 Å². The van der Waals surface area contributed by atoms with E-state index in [0.717, 1.165) is 49.5 Å². The predicted octanol–water partition coefficient (Wildman–Crippen LogP) is 4.21. The van der Waals surface area contributed by atoms with Crippen LogP contribution in [0.4, 0.5) is 14.6 Å². The first-order chi connectivity index (χ1) is 16.0. The number of piperidine rings is 1. The maximum atomic E-state index is 13.8. The van der Waals surface area contributed by atoms with Gasteiger partial charge in [0.15, 0.2) is 0 Å². The Labute approximate surface area is 190 Å². The van der Waals surface area contributed by atoms with Crippen LogP contribution < -0.4 is 4.90 Å². The van der Waals surface area contributed by atoms with Crippen molar-refractivity contribution in [2.75, 3.05) is 18.0 Å². The first-order valence-electron chi connectivity index (χ1n) is 11.4. The second kappa shape index (κ2) is 7.27. The number of anilines is 1. The van der Waals surface area contributed by atoms with Gasteiger partial charge in [0.05, 0.1) is 28.7 Å². The molecular weight excluding hydrogens is 424 g/mol. The number of nitrogens with zero attached hydrogens (tertiary/aromatic N) is 5. The van der Waals surface area contributed by atoms with Gasteiger partial charge < -0.3 is 9.80 Å². The Hall–Kier alpha value is -3.47. The minimum absolute atomic E-state index is 0.128. The summed E-state index contributed by atoms with van der Waals surface area (Å²) in [6.45, 7) is 1.43. The molecule has 6 nitrogen and oxygen atoms in total. The molecule has 33 heavy (non-hydrogen) atoms. The molecule has 1 aromatic carbocycles. The van der Waals surface area contributed by atoms with Crippen molar-refractivity contribution in [1.82, 2.24) is 14.5 Å². The fraction of sp³-hybridized carbons (Fsp3) is 0.400. The largest absolute Gasteiger partial charge is 0.356 e. The summed E-state index contributed by atoms with van der Waals surface area (Å²) in [5.41, 5.74) is 1.49. The Kier molecular flexibility index (Phi) is 4.44. The second-order valence-corrected chi connectivity index (χ2v) is 9.48. The fourth-order valence-electron chi connectivity index (χ4n) is 6.22. The molecule has 6 rings (SSSR count). The monoisotopic (exact) mass is 447 g/mol. The quantitative estimate of drug-likeness (QED) is 0.591. The molecular formula is C25H23F2N5O. The van der Waals surface area contributed by atoms with Crippen molar-refractivity contribution >= 4 is 17.2 Å². The molecule has 3 aromatic rings. The number of hydrogen-bond acceptors (Lipinski definition) is 4. The lowest BCUT2D eigenvalue weighted by Crippen LogP contribution is -2.45. The van der Waals surface area contributed by atoms with Gasteiger partial charge in [-0.25, -0.2) is 13.3 Å². The van der Waals surface area contributed by atoms with Gasteiger partial charge in [-0.3, -0.25) is 4.79 Å². The highest BCUT2D eigenvalue weighted by Crippen LogP contribution is 2.53. The zero-order chi connectivity index (χ0) is 22.7. The highest BCUT2D eigenvalue weighted by atomic mass is 19.1. The molecule has 0 aliphatic carbocycles. The van der Waals surface area contributed by atoms with Crippen molar-refractivity contribution in [3.05, 3.63) is 65.4 Å². The first-order valence-corrected chi connectivity index (χ1v) is 11.4. The molecule has 0 N–H and O–H groups in total. The van der Waals surface area contributed by atoms with Crippen molar-refractivity contribution in [3.8, 4) is 6.07 Å². The molecule has 0 saturated carbocycles. The lowest BCUT2D eigenvalue weighted by molar-refractivity contribution is -0.139. The average Bonchev–Trinajstić information content (AvgIpc) is 3.50. The number of amides is 1. The minimum atomic E-state index is -0.601. The Morgan fingerprint density at radius 1 is 1.06 bits per heavy atom. The summed E-state index contributed by atoms with van der Waals surface area (Å²) in [6.07, 6.45) is 5.55.